The Morgan fingerprint density at radius 3 is 2.79 bits per heavy atom. The highest BCUT2D eigenvalue weighted by Gasteiger charge is 2.12. The fraction of sp³-hybridized carbons (Fsp3) is 0.444. The number of rotatable bonds is 7. The van der Waals surface area contributed by atoms with Crippen LogP contribution in [-0.4, -0.2) is 17.6 Å². The summed E-state index contributed by atoms with van der Waals surface area (Å²) in [6, 6.07) is 7.48. The van der Waals surface area contributed by atoms with E-state index in [4.69, 9.17) is 4.74 Å². The molecule has 1 aromatic carbocycles. The summed E-state index contributed by atoms with van der Waals surface area (Å²) in [5, 5.41) is 8.66. The Kier molecular flexibility index (Phi) is 6.61. The number of aryl methyl sites for hydroxylation is 1. The standard InChI is InChI=1S/C18H25N3O2S/c1-12(2)10-23-16-7-5-6-15(8-16)9-19-18(22)21-14(4)17-20-13(3)11-24-17/h5-8,11-12,14H,9-10H2,1-4H3,(H2,19,21,22). The molecule has 1 heterocycles. The molecule has 0 radical (unpaired) electrons. The van der Waals surface area contributed by atoms with E-state index in [-0.39, 0.29) is 12.1 Å². The maximum absolute atomic E-state index is 12.0. The normalized spacial score (nSPS) is 12.0. The van der Waals surface area contributed by atoms with Crippen molar-refractivity contribution in [3.8, 4) is 5.75 Å². The molecule has 2 aromatic rings. The van der Waals surface area contributed by atoms with Crippen molar-refractivity contribution in [3.63, 3.8) is 0 Å². The maximum atomic E-state index is 12.0. The summed E-state index contributed by atoms with van der Waals surface area (Å²) in [4.78, 5) is 16.4. The minimum absolute atomic E-state index is 0.107. The topological polar surface area (TPSA) is 63.2 Å². The van der Waals surface area contributed by atoms with Crippen LogP contribution in [0.4, 0.5) is 4.79 Å². The monoisotopic (exact) mass is 347 g/mol. The highest BCUT2D eigenvalue weighted by molar-refractivity contribution is 7.09. The van der Waals surface area contributed by atoms with Crippen molar-refractivity contribution in [1.82, 2.24) is 15.6 Å². The number of benzene rings is 1. The second kappa shape index (κ2) is 8.68. The number of nitrogens with zero attached hydrogens (tertiary/aromatic N) is 1. The lowest BCUT2D eigenvalue weighted by molar-refractivity contribution is 0.237. The molecule has 130 valence electrons. The van der Waals surface area contributed by atoms with Gasteiger partial charge in [0.1, 0.15) is 10.8 Å². The molecule has 1 aromatic heterocycles. The van der Waals surface area contributed by atoms with Crippen LogP contribution in [0.2, 0.25) is 0 Å². The average molecular weight is 347 g/mol. The fourth-order valence-electron chi connectivity index (χ4n) is 2.07. The van der Waals surface area contributed by atoms with Gasteiger partial charge in [-0.15, -0.1) is 11.3 Å². The number of nitrogens with one attached hydrogen (secondary N) is 2. The van der Waals surface area contributed by atoms with E-state index in [0.29, 0.717) is 19.1 Å². The molecule has 1 unspecified atom stereocenters. The molecule has 0 aliphatic carbocycles. The lowest BCUT2D eigenvalue weighted by atomic mass is 10.2. The van der Waals surface area contributed by atoms with Gasteiger partial charge in [-0.1, -0.05) is 26.0 Å². The average Bonchev–Trinajstić information content (AvgIpc) is 2.98. The van der Waals surface area contributed by atoms with Crippen molar-refractivity contribution >= 4 is 17.4 Å². The molecule has 6 heteroatoms. The number of aromatic nitrogens is 1. The predicted octanol–water partition coefficient (Wildman–Crippen LogP) is 4.05. The van der Waals surface area contributed by atoms with Gasteiger partial charge in [-0.25, -0.2) is 9.78 Å². The van der Waals surface area contributed by atoms with Crippen LogP contribution in [0.25, 0.3) is 0 Å². The SMILES string of the molecule is Cc1csc(C(C)NC(=O)NCc2cccc(OCC(C)C)c2)n1. The van der Waals surface area contributed by atoms with Crippen LogP contribution in [0.3, 0.4) is 0 Å². The van der Waals surface area contributed by atoms with Crippen molar-refractivity contribution in [2.45, 2.75) is 40.3 Å². The van der Waals surface area contributed by atoms with Gasteiger partial charge >= 0.3 is 6.03 Å². The van der Waals surface area contributed by atoms with Crippen LogP contribution in [0, 0.1) is 12.8 Å². The molecule has 0 saturated carbocycles. The van der Waals surface area contributed by atoms with Crippen LogP contribution < -0.4 is 15.4 Å². The molecule has 1 atom stereocenters. The molecule has 5 nitrogen and oxygen atoms in total. The van der Waals surface area contributed by atoms with Gasteiger partial charge in [0.15, 0.2) is 0 Å². The Hall–Kier alpha value is -2.08. The third-order valence-electron chi connectivity index (χ3n) is 3.29. The van der Waals surface area contributed by atoms with E-state index in [0.717, 1.165) is 22.0 Å². The molecular weight excluding hydrogens is 322 g/mol. The number of hydrogen-bond donors (Lipinski definition) is 2. The molecule has 2 N–H and O–H groups in total. The van der Waals surface area contributed by atoms with Crippen molar-refractivity contribution < 1.29 is 9.53 Å². The molecule has 24 heavy (non-hydrogen) atoms. The van der Waals surface area contributed by atoms with E-state index < -0.39 is 0 Å². The smallest absolute Gasteiger partial charge is 0.315 e. The lowest BCUT2D eigenvalue weighted by Crippen LogP contribution is -2.36. The van der Waals surface area contributed by atoms with E-state index >= 15 is 0 Å². The molecule has 2 amide bonds. The number of urea groups is 1. The zero-order chi connectivity index (χ0) is 17.5. The predicted molar refractivity (Wildman–Crippen MR) is 97.4 cm³/mol. The number of carbonyl (C=O) groups is 1. The molecule has 0 fully saturated rings. The Morgan fingerprint density at radius 2 is 2.12 bits per heavy atom. The summed E-state index contributed by atoms with van der Waals surface area (Å²) >= 11 is 1.55. The van der Waals surface area contributed by atoms with Crippen molar-refractivity contribution in [3.05, 3.63) is 45.9 Å². The van der Waals surface area contributed by atoms with Gasteiger partial charge in [0, 0.05) is 17.6 Å². The first-order valence-corrected chi connectivity index (χ1v) is 9.00. The van der Waals surface area contributed by atoms with Gasteiger partial charge in [0.25, 0.3) is 0 Å². The van der Waals surface area contributed by atoms with Crippen LogP contribution in [0.1, 0.15) is 43.1 Å². The van der Waals surface area contributed by atoms with Crippen LogP contribution in [-0.2, 0) is 6.54 Å². The zero-order valence-corrected chi connectivity index (χ0v) is 15.4. The maximum Gasteiger partial charge on any atom is 0.315 e. The quantitative estimate of drug-likeness (QED) is 0.794. The Balaban J connectivity index is 1.82. The van der Waals surface area contributed by atoms with E-state index in [1.165, 1.54) is 0 Å². The summed E-state index contributed by atoms with van der Waals surface area (Å²) in [7, 11) is 0. The third kappa shape index (κ3) is 5.85. The van der Waals surface area contributed by atoms with Gasteiger partial charge in [0.05, 0.1) is 12.6 Å². The highest BCUT2D eigenvalue weighted by Crippen LogP contribution is 2.17. The lowest BCUT2D eigenvalue weighted by Gasteiger charge is -2.13. The number of ether oxygens (including phenoxy) is 1. The Morgan fingerprint density at radius 1 is 1.33 bits per heavy atom. The summed E-state index contributed by atoms with van der Waals surface area (Å²) < 4.78 is 5.70. The molecule has 0 spiro atoms. The molecular formula is C18H25N3O2S. The number of hydrogen-bond acceptors (Lipinski definition) is 4. The first kappa shape index (κ1) is 18.3. The number of thiazole rings is 1. The minimum Gasteiger partial charge on any atom is -0.493 e. The minimum atomic E-state index is -0.205. The van der Waals surface area contributed by atoms with Crippen LogP contribution in [0.5, 0.6) is 5.75 Å². The van der Waals surface area contributed by atoms with Crippen molar-refractivity contribution in [1.29, 1.82) is 0 Å². The van der Waals surface area contributed by atoms with Crippen molar-refractivity contribution in [2.75, 3.05) is 6.61 Å². The molecule has 0 aliphatic rings. The van der Waals surface area contributed by atoms with Gasteiger partial charge in [0.2, 0.25) is 0 Å². The molecule has 0 saturated heterocycles. The van der Waals surface area contributed by atoms with E-state index in [1.807, 2.05) is 43.5 Å². The number of carbonyl (C=O) groups excluding carboxylic acids is 1. The van der Waals surface area contributed by atoms with E-state index in [1.54, 1.807) is 11.3 Å². The van der Waals surface area contributed by atoms with E-state index in [9.17, 15) is 4.79 Å². The Labute approximate surface area is 147 Å². The fourth-order valence-corrected chi connectivity index (χ4v) is 2.87. The highest BCUT2D eigenvalue weighted by atomic mass is 32.1. The van der Waals surface area contributed by atoms with Gasteiger partial charge in [-0.05, 0) is 37.5 Å². The van der Waals surface area contributed by atoms with Gasteiger partial charge < -0.3 is 15.4 Å². The first-order chi connectivity index (χ1) is 11.4. The zero-order valence-electron chi connectivity index (χ0n) is 14.6. The Bertz CT molecular complexity index is 670. The third-order valence-corrected chi connectivity index (χ3v) is 4.43. The van der Waals surface area contributed by atoms with Gasteiger partial charge in [-0.3, -0.25) is 0 Å². The molecule has 0 bridgehead atoms. The van der Waals surface area contributed by atoms with Crippen molar-refractivity contribution in [2.24, 2.45) is 5.92 Å². The second-order valence-corrected chi connectivity index (χ2v) is 7.12. The summed E-state index contributed by atoms with van der Waals surface area (Å²) in [5.74, 6) is 1.31. The van der Waals surface area contributed by atoms with Crippen LogP contribution >= 0.6 is 11.3 Å². The summed E-state index contributed by atoms with van der Waals surface area (Å²) in [5.41, 5.74) is 1.98. The van der Waals surface area contributed by atoms with Gasteiger partial charge in [-0.2, -0.15) is 0 Å². The summed E-state index contributed by atoms with van der Waals surface area (Å²) in [6.07, 6.45) is 0. The number of amides is 2. The second-order valence-electron chi connectivity index (χ2n) is 6.23. The molecule has 2 rings (SSSR count). The largest absolute Gasteiger partial charge is 0.493 e. The summed E-state index contributed by atoms with van der Waals surface area (Å²) in [6.45, 7) is 9.23. The van der Waals surface area contributed by atoms with E-state index in [2.05, 4.69) is 29.5 Å². The van der Waals surface area contributed by atoms with Crippen LogP contribution in [0.15, 0.2) is 29.6 Å². The molecule has 0 aliphatic heterocycles. The first-order valence-electron chi connectivity index (χ1n) is 8.12.